The number of methoxy groups -OCH3 is 2. The minimum atomic E-state index is -4.53. The summed E-state index contributed by atoms with van der Waals surface area (Å²) in [5.74, 6) is -2.10. The molecule has 3 N–H and O–H groups in total. The Hall–Kier alpha value is -4.13. The van der Waals surface area contributed by atoms with E-state index < -0.39 is 36.1 Å². The highest BCUT2D eigenvalue weighted by Crippen LogP contribution is 2.31. The summed E-state index contributed by atoms with van der Waals surface area (Å²) in [6.45, 7) is -0.0687. The van der Waals surface area contributed by atoms with Gasteiger partial charge in [0.2, 0.25) is 0 Å². The van der Waals surface area contributed by atoms with Gasteiger partial charge in [-0.2, -0.15) is 18.3 Å². The van der Waals surface area contributed by atoms with Crippen LogP contribution in [0.1, 0.15) is 11.1 Å². The number of nitrogens with one attached hydrogen (secondary N) is 3. The van der Waals surface area contributed by atoms with E-state index in [-0.39, 0.29) is 30.3 Å². The highest BCUT2D eigenvalue weighted by molar-refractivity contribution is 6.35. The molecule has 0 saturated carbocycles. The number of hydrazone groups is 1. The topological polar surface area (TPSA) is 127 Å². The van der Waals surface area contributed by atoms with Crippen LogP contribution in [0, 0.1) is 0 Å². The molecule has 0 radical (unpaired) electrons. The number of nitrogens with zero attached hydrogens (tertiary/aromatic N) is 1. The molecule has 10 nitrogen and oxygen atoms in total. The second-order valence-electron chi connectivity index (χ2n) is 6.77. The third-order valence-corrected chi connectivity index (χ3v) is 4.20. The number of carbonyl (C=O) groups excluding carboxylic acids is 3. The van der Waals surface area contributed by atoms with Gasteiger partial charge in [-0.1, -0.05) is 6.07 Å². The zero-order valence-electron chi connectivity index (χ0n) is 18.8. The largest absolute Gasteiger partial charge is 0.493 e. The van der Waals surface area contributed by atoms with Crippen LogP contribution >= 0.6 is 0 Å². The van der Waals surface area contributed by atoms with E-state index in [1.54, 1.807) is 0 Å². The predicted octanol–water partition coefficient (Wildman–Crippen LogP) is 1.94. The molecule has 0 saturated heterocycles. The first-order valence-electron chi connectivity index (χ1n) is 10.0. The van der Waals surface area contributed by atoms with E-state index in [0.29, 0.717) is 5.56 Å². The number of carbonyl (C=O) groups is 3. The first-order chi connectivity index (χ1) is 16.6. The molecule has 2 aromatic rings. The van der Waals surface area contributed by atoms with Gasteiger partial charge in [-0.05, 0) is 42.0 Å². The number of amides is 3. The summed E-state index contributed by atoms with van der Waals surface area (Å²) in [6, 6.07) is 8.71. The van der Waals surface area contributed by atoms with Crippen LogP contribution in [0.25, 0.3) is 0 Å². The zero-order chi connectivity index (χ0) is 25.8. The second kappa shape index (κ2) is 12.9. The average molecular weight is 496 g/mol. The molecule has 0 spiro atoms. The number of rotatable bonds is 10. The Labute approximate surface area is 198 Å². The quantitative estimate of drug-likeness (QED) is 0.200. The Kier molecular flexibility index (Phi) is 10.0. The smallest absolute Gasteiger partial charge is 0.416 e. The van der Waals surface area contributed by atoms with Crippen LogP contribution in [0.3, 0.4) is 0 Å². The molecule has 0 atom stereocenters. The second-order valence-corrected chi connectivity index (χ2v) is 6.77. The Morgan fingerprint density at radius 3 is 2.49 bits per heavy atom. The van der Waals surface area contributed by atoms with Crippen molar-refractivity contribution in [2.24, 2.45) is 5.10 Å². The number of alkyl halides is 3. The third kappa shape index (κ3) is 8.97. The van der Waals surface area contributed by atoms with Gasteiger partial charge < -0.3 is 24.8 Å². The predicted molar refractivity (Wildman–Crippen MR) is 119 cm³/mol. The van der Waals surface area contributed by atoms with Gasteiger partial charge in [0.05, 0.1) is 25.5 Å². The van der Waals surface area contributed by atoms with E-state index in [1.807, 2.05) is 0 Å². The molecule has 3 amide bonds. The van der Waals surface area contributed by atoms with Gasteiger partial charge in [0.25, 0.3) is 5.91 Å². The number of halogens is 3. The molecule has 188 valence electrons. The van der Waals surface area contributed by atoms with E-state index >= 15 is 0 Å². The van der Waals surface area contributed by atoms with Crippen molar-refractivity contribution in [2.75, 3.05) is 39.3 Å². The van der Waals surface area contributed by atoms with E-state index in [4.69, 9.17) is 14.2 Å². The van der Waals surface area contributed by atoms with Crippen LogP contribution in [0.4, 0.5) is 18.9 Å². The van der Waals surface area contributed by atoms with Crippen molar-refractivity contribution in [3.05, 3.63) is 53.6 Å². The maximum absolute atomic E-state index is 12.8. The highest BCUT2D eigenvalue weighted by atomic mass is 19.4. The van der Waals surface area contributed by atoms with Gasteiger partial charge in [0.1, 0.15) is 0 Å². The summed E-state index contributed by atoms with van der Waals surface area (Å²) in [5, 5.41) is 8.35. The number of hydrogen-bond donors (Lipinski definition) is 3. The molecule has 0 aliphatic carbocycles. The third-order valence-electron chi connectivity index (χ3n) is 4.20. The van der Waals surface area contributed by atoms with Crippen molar-refractivity contribution in [1.29, 1.82) is 0 Å². The number of anilines is 1. The fraction of sp³-hybridized carbons (Fsp3) is 0.273. The molecular formula is C22H23F3N4O6. The maximum Gasteiger partial charge on any atom is 0.416 e. The standard InChI is InChI=1S/C22H23F3N4O6/c1-33-9-8-26-20(31)21(32)29-27-12-14-6-7-17(18(10-14)34-2)35-13-19(30)28-16-5-3-4-15(11-16)22(23,24)25/h3-7,10-12H,8-9,13H2,1-2H3,(H,26,31)(H,28,30)(H,29,32)/b27-12-. The van der Waals surface area contributed by atoms with Gasteiger partial charge in [-0.25, -0.2) is 5.43 Å². The van der Waals surface area contributed by atoms with Crippen LogP contribution in [0.15, 0.2) is 47.6 Å². The van der Waals surface area contributed by atoms with E-state index in [9.17, 15) is 27.6 Å². The molecule has 0 aliphatic heterocycles. The Bertz CT molecular complexity index is 1080. The van der Waals surface area contributed by atoms with Gasteiger partial charge in [-0.15, -0.1) is 0 Å². The molecular weight excluding hydrogens is 473 g/mol. The summed E-state index contributed by atoms with van der Waals surface area (Å²) in [6.07, 6.45) is -3.28. The van der Waals surface area contributed by atoms with Crippen LogP contribution in [-0.4, -0.2) is 57.9 Å². The van der Waals surface area contributed by atoms with E-state index in [1.165, 1.54) is 50.8 Å². The van der Waals surface area contributed by atoms with Crippen LogP contribution < -0.4 is 25.5 Å². The lowest BCUT2D eigenvalue weighted by Crippen LogP contribution is -2.39. The normalized spacial score (nSPS) is 11.1. The van der Waals surface area contributed by atoms with Crippen LogP contribution in [0.5, 0.6) is 11.5 Å². The minimum absolute atomic E-state index is 0.0265. The van der Waals surface area contributed by atoms with Gasteiger partial charge in [0.15, 0.2) is 18.1 Å². The van der Waals surface area contributed by atoms with Crippen molar-refractivity contribution < 1.29 is 41.8 Å². The Morgan fingerprint density at radius 2 is 1.80 bits per heavy atom. The first-order valence-corrected chi connectivity index (χ1v) is 10.0. The molecule has 0 fully saturated rings. The lowest BCUT2D eigenvalue weighted by molar-refractivity contribution is -0.139. The van der Waals surface area contributed by atoms with Crippen molar-refractivity contribution in [3.8, 4) is 11.5 Å². The molecule has 0 heterocycles. The van der Waals surface area contributed by atoms with E-state index in [0.717, 1.165) is 12.1 Å². The van der Waals surface area contributed by atoms with Gasteiger partial charge in [-0.3, -0.25) is 14.4 Å². The lowest BCUT2D eigenvalue weighted by atomic mass is 10.2. The first kappa shape index (κ1) is 27.1. The van der Waals surface area contributed by atoms with Crippen LogP contribution in [-0.2, 0) is 25.3 Å². The molecule has 0 unspecified atom stereocenters. The lowest BCUT2D eigenvalue weighted by Gasteiger charge is -2.12. The maximum atomic E-state index is 12.8. The van der Waals surface area contributed by atoms with E-state index in [2.05, 4.69) is 21.2 Å². The summed E-state index contributed by atoms with van der Waals surface area (Å²) in [5.41, 5.74) is 1.63. The molecule has 13 heteroatoms. The highest BCUT2D eigenvalue weighted by Gasteiger charge is 2.30. The molecule has 0 bridgehead atoms. The molecule has 2 rings (SSSR count). The molecule has 0 aromatic heterocycles. The minimum Gasteiger partial charge on any atom is -0.493 e. The summed E-state index contributed by atoms with van der Waals surface area (Å²) >= 11 is 0. The average Bonchev–Trinajstić information content (AvgIpc) is 2.82. The number of hydrogen-bond acceptors (Lipinski definition) is 7. The van der Waals surface area contributed by atoms with Crippen LogP contribution in [0.2, 0.25) is 0 Å². The fourth-order valence-electron chi connectivity index (χ4n) is 2.56. The van der Waals surface area contributed by atoms with Crippen molar-refractivity contribution in [3.63, 3.8) is 0 Å². The zero-order valence-corrected chi connectivity index (χ0v) is 18.8. The Balaban J connectivity index is 1.91. The Morgan fingerprint density at radius 1 is 1.03 bits per heavy atom. The van der Waals surface area contributed by atoms with Gasteiger partial charge in [0, 0.05) is 19.3 Å². The fourth-order valence-corrected chi connectivity index (χ4v) is 2.56. The van der Waals surface area contributed by atoms with Crippen molar-refractivity contribution >= 4 is 29.6 Å². The molecule has 35 heavy (non-hydrogen) atoms. The summed E-state index contributed by atoms with van der Waals surface area (Å²) in [7, 11) is 2.81. The van der Waals surface area contributed by atoms with Crippen molar-refractivity contribution in [2.45, 2.75) is 6.18 Å². The molecule has 0 aliphatic rings. The van der Waals surface area contributed by atoms with Gasteiger partial charge >= 0.3 is 18.0 Å². The monoisotopic (exact) mass is 496 g/mol. The molecule has 2 aromatic carbocycles. The SMILES string of the molecule is COCCNC(=O)C(=O)N/N=C\c1ccc(OCC(=O)Nc2cccc(C(F)(F)F)c2)c(OC)c1. The number of benzene rings is 2. The summed E-state index contributed by atoms with van der Waals surface area (Å²) < 4.78 is 53.8. The summed E-state index contributed by atoms with van der Waals surface area (Å²) in [4.78, 5) is 35.3. The number of ether oxygens (including phenoxy) is 3. The van der Waals surface area contributed by atoms with Crippen molar-refractivity contribution in [1.82, 2.24) is 10.7 Å².